The van der Waals surface area contributed by atoms with E-state index in [0.717, 1.165) is 55.5 Å². The molecule has 0 atom stereocenters. The molecule has 0 saturated carbocycles. The van der Waals surface area contributed by atoms with E-state index in [1.54, 1.807) is 24.9 Å². The van der Waals surface area contributed by atoms with Crippen LogP contribution in [-0.4, -0.2) is 60.1 Å². The lowest BCUT2D eigenvalue weighted by Gasteiger charge is -2.36. The second-order valence-corrected chi connectivity index (χ2v) is 8.87. The fraction of sp³-hybridized carbons (Fsp3) is 0.400. The number of piperazine rings is 1. The molecule has 9 heteroatoms. The summed E-state index contributed by atoms with van der Waals surface area (Å²) in [4.78, 5) is 22.4. The van der Waals surface area contributed by atoms with Crippen molar-refractivity contribution < 1.29 is 4.74 Å². The monoisotopic (exact) mass is 431 g/mol. The lowest BCUT2D eigenvalue weighted by molar-refractivity contribution is 0.258. The van der Waals surface area contributed by atoms with E-state index < -0.39 is 0 Å². The molecule has 0 bridgehead atoms. The van der Waals surface area contributed by atoms with Crippen molar-refractivity contribution in [2.45, 2.75) is 11.6 Å². The van der Waals surface area contributed by atoms with E-state index in [1.807, 2.05) is 17.5 Å². The van der Waals surface area contributed by atoms with Crippen LogP contribution in [0.25, 0.3) is 10.2 Å². The summed E-state index contributed by atoms with van der Waals surface area (Å²) >= 11 is 3.02. The van der Waals surface area contributed by atoms with Gasteiger partial charge in [-0.1, -0.05) is 23.9 Å². The first kappa shape index (κ1) is 20.1. The Balaban J connectivity index is 1.25. The van der Waals surface area contributed by atoms with Crippen LogP contribution in [-0.2, 0) is 0 Å². The van der Waals surface area contributed by atoms with Crippen LogP contribution in [0.1, 0.15) is 6.42 Å². The van der Waals surface area contributed by atoms with Crippen LogP contribution in [0.3, 0.4) is 0 Å². The number of fused-ring (bicyclic) bond motifs is 1. The highest BCUT2D eigenvalue weighted by Crippen LogP contribution is 2.28. The van der Waals surface area contributed by atoms with Gasteiger partial charge >= 0.3 is 0 Å². The summed E-state index contributed by atoms with van der Waals surface area (Å²) in [5, 5.41) is 3.05. The number of nitrogens with two attached hydrogens (primary N) is 1. The molecule has 2 aromatic heterocycles. The SMILES string of the molecule is COc1ccccc1N1CCN(CCCSc2nc3sccc3c(=O)n2N)CC1. The normalized spacial score (nSPS) is 15.1. The third kappa shape index (κ3) is 4.36. The molecule has 1 aliphatic rings. The first-order chi connectivity index (χ1) is 14.2. The number of hydrogen-bond donors (Lipinski definition) is 1. The second-order valence-electron chi connectivity index (χ2n) is 6.91. The minimum absolute atomic E-state index is 0.175. The largest absolute Gasteiger partial charge is 0.495 e. The molecule has 1 aromatic carbocycles. The number of rotatable bonds is 7. The van der Waals surface area contributed by atoms with Crippen molar-refractivity contribution in [2.75, 3.05) is 56.3 Å². The van der Waals surface area contributed by atoms with E-state index in [1.165, 1.54) is 21.7 Å². The molecule has 1 aliphatic heterocycles. The molecule has 0 aliphatic carbocycles. The number of ether oxygens (including phenoxy) is 1. The number of nitrogens with zero attached hydrogens (tertiary/aromatic N) is 4. The van der Waals surface area contributed by atoms with Gasteiger partial charge in [-0.25, -0.2) is 9.66 Å². The molecule has 1 fully saturated rings. The zero-order chi connectivity index (χ0) is 20.2. The Kier molecular flexibility index (Phi) is 6.27. The van der Waals surface area contributed by atoms with Crippen molar-refractivity contribution in [3.8, 4) is 5.75 Å². The minimum Gasteiger partial charge on any atom is -0.495 e. The van der Waals surface area contributed by atoms with Gasteiger partial charge in [0, 0.05) is 31.9 Å². The van der Waals surface area contributed by atoms with Crippen LogP contribution in [0.4, 0.5) is 5.69 Å². The zero-order valence-corrected chi connectivity index (χ0v) is 18.0. The molecule has 3 heterocycles. The summed E-state index contributed by atoms with van der Waals surface area (Å²) in [6.45, 7) is 5.08. The molecular weight excluding hydrogens is 406 g/mol. The molecule has 0 amide bonds. The fourth-order valence-electron chi connectivity index (χ4n) is 3.56. The van der Waals surface area contributed by atoms with Gasteiger partial charge in [-0.15, -0.1) is 11.3 Å². The molecule has 2 N–H and O–H groups in total. The van der Waals surface area contributed by atoms with Gasteiger partial charge in [0.15, 0.2) is 5.16 Å². The number of thiophene rings is 1. The summed E-state index contributed by atoms with van der Waals surface area (Å²) in [7, 11) is 1.72. The number of nitrogen functional groups attached to an aromatic ring is 1. The fourth-order valence-corrected chi connectivity index (χ4v) is 5.21. The van der Waals surface area contributed by atoms with Gasteiger partial charge in [0.1, 0.15) is 10.6 Å². The molecule has 0 unspecified atom stereocenters. The maximum absolute atomic E-state index is 12.3. The molecule has 29 heavy (non-hydrogen) atoms. The quantitative estimate of drug-likeness (QED) is 0.267. The number of para-hydroxylation sites is 2. The van der Waals surface area contributed by atoms with E-state index in [9.17, 15) is 4.79 Å². The molecule has 4 rings (SSSR count). The first-order valence-corrected chi connectivity index (χ1v) is 11.5. The summed E-state index contributed by atoms with van der Waals surface area (Å²) in [6, 6.07) is 9.96. The Bertz CT molecular complexity index is 1030. The third-order valence-electron chi connectivity index (χ3n) is 5.15. The lowest BCUT2D eigenvalue weighted by Crippen LogP contribution is -2.46. The molecule has 0 radical (unpaired) electrons. The smallest absolute Gasteiger partial charge is 0.281 e. The Labute approximate surface area is 178 Å². The average molecular weight is 432 g/mol. The van der Waals surface area contributed by atoms with Gasteiger partial charge in [0.2, 0.25) is 0 Å². The number of anilines is 1. The van der Waals surface area contributed by atoms with Crippen molar-refractivity contribution >= 4 is 39.0 Å². The third-order valence-corrected chi connectivity index (χ3v) is 6.99. The molecule has 1 saturated heterocycles. The maximum Gasteiger partial charge on any atom is 0.281 e. The predicted octanol–water partition coefficient (Wildman–Crippen LogP) is 2.48. The maximum atomic E-state index is 12.3. The molecule has 7 nitrogen and oxygen atoms in total. The molecular formula is C20H25N5O2S2. The predicted molar refractivity (Wildman–Crippen MR) is 121 cm³/mol. The van der Waals surface area contributed by atoms with Gasteiger partial charge < -0.3 is 15.5 Å². The van der Waals surface area contributed by atoms with E-state index in [-0.39, 0.29) is 5.56 Å². The minimum atomic E-state index is -0.175. The van der Waals surface area contributed by atoms with Crippen LogP contribution in [0.2, 0.25) is 0 Å². The van der Waals surface area contributed by atoms with E-state index in [4.69, 9.17) is 10.6 Å². The van der Waals surface area contributed by atoms with E-state index in [0.29, 0.717) is 10.5 Å². The Morgan fingerprint density at radius 2 is 2.00 bits per heavy atom. The summed E-state index contributed by atoms with van der Waals surface area (Å²) < 4.78 is 6.66. The van der Waals surface area contributed by atoms with Gasteiger partial charge in [-0.05, 0) is 36.5 Å². The molecule has 154 valence electrons. The van der Waals surface area contributed by atoms with Crippen molar-refractivity contribution in [2.24, 2.45) is 0 Å². The zero-order valence-electron chi connectivity index (χ0n) is 16.4. The lowest BCUT2D eigenvalue weighted by atomic mass is 10.2. The van der Waals surface area contributed by atoms with Crippen LogP contribution in [0.15, 0.2) is 45.7 Å². The van der Waals surface area contributed by atoms with Gasteiger partial charge in [-0.2, -0.15) is 0 Å². The Hall–Kier alpha value is -2.23. The van der Waals surface area contributed by atoms with Gasteiger partial charge in [-0.3, -0.25) is 9.69 Å². The summed E-state index contributed by atoms with van der Waals surface area (Å²) in [5.74, 6) is 7.74. The highest BCUT2D eigenvalue weighted by Gasteiger charge is 2.19. The number of thioether (sulfide) groups is 1. The van der Waals surface area contributed by atoms with Crippen molar-refractivity contribution in [3.63, 3.8) is 0 Å². The van der Waals surface area contributed by atoms with Crippen LogP contribution >= 0.6 is 23.1 Å². The van der Waals surface area contributed by atoms with Crippen molar-refractivity contribution in [3.05, 3.63) is 46.1 Å². The van der Waals surface area contributed by atoms with Crippen LogP contribution in [0.5, 0.6) is 5.75 Å². The molecule has 3 aromatic rings. The molecule has 0 spiro atoms. The number of benzene rings is 1. The van der Waals surface area contributed by atoms with Gasteiger partial charge in [0.05, 0.1) is 18.2 Å². The van der Waals surface area contributed by atoms with E-state index >= 15 is 0 Å². The number of hydrogen-bond acceptors (Lipinski definition) is 8. The Morgan fingerprint density at radius 1 is 1.21 bits per heavy atom. The summed E-state index contributed by atoms with van der Waals surface area (Å²) in [6.07, 6.45) is 1.03. The van der Waals surface area contributed by atoms with Crippen LogP contribution in [0, 0.1) is 0 Å². The van der Waals surface area contributed by atoms with E-state index in [2.05, 4.69) is 26.9 Å². The van der Waals surface area contributed by atoms with Crippen molar-refractivity contribution in [1.29, 1.82) is 0 Å². The standard InChI is InChI=1S/C20H25N5O2S2/c1-27-17-6-3-2-5-16(17)24-11-9-23(10-12-24)8-4-13-29-20-22-18-15(7-14-28-18)19(26)25(20)21/h2-3,5-7,14H,4,8-13,21H2,1H3. The Morgan fingerprint density at radius 3 is 2.79 bits per heavy atom. The average Bonchev–Trinajstić information content (AvgIpc) is 3.23. The highest BCUT2D eigenvalue weighted by molar-refractivity contribution is 7.99. The number of methoxy groups -OCH3 is 1. The summed E-state index contributed by atoms with van der Waals surface area (Å²) in [5.41, 5.74) is 0.993. The van der Waals surface area contributed by atoms with Gasteiger partial charge in [0.25, 0.3) is 5.56 Å². The second kappa shape index (κ2) is 9.06. The van der Waals surface area contributed by atoms with Crippen LogP contribution < -0.4 is 21.0 Å². The van der Waals surface area contributed by atoms with Crippen molar-refractivity contribution in [1.82, 2.24) is 14.6 Å². The number of aromatic nitrogens is 2. The topological polar surface area (TPSA) is 76.6 Å². The highest BCUT2D eigenvalue weighted by atomic mass is 32.2. The first-order valence-electron chi connectivity index (χ1n) is 9.66.